The van der Waals surface area contributed by atoms with E-state index in [9.17, 15) is 22.2 Å². The van der Waals surface area contributed by atoms with Crippen LogP contribution in [0.25, 0.3) is 10.4 Å². The van der Waals surface area contributed by atoms with E-state index in [2.05, 4.69) is 10.0 Å². The molecule has 1 N–H and O–H groups in total. The van der Waals surface area contributed by atoms with Crippen LogP contribution in [-0.2, 0) is 16.0 Å². The summed E-state index contributed by atoms with van der Waals surface area (Å²) in [6, 6.07) is 0. The van der Waals surface area contributed by atoms with Crippen LogP contribution in [0.5, 0.6) is 0 Å². The summed E-state index contributed by atoms with van der Waals surface area (Å²) in [6.07, 6.45) is 0. The Balaban J connectivity index is 3.84. The fourth-order valence-electron chi connectivity index (χ4n) is 2.16. The first-order valence-electron chi connectivity index (χ1n) is 5.43. The van der Waals surface area contributed by atoms with Crippen molar-refractivity contribution in [1.29, 1.82) is 0 Å². The molecule has 0 heterocycles. The second-order valence-electron chi connectivity index (χ2n) is 4.25. The molecule has 108 valence electrons. The van der Waals surface area contributed by atoms with E-state index in [4.69, 9.17) is 5.53 Å². The topological polar surface area (TPSA) is 120 Å². The predicted octanol–water partition coefficient (Wildman–Crippen LogP) is 3.05. The average molecular weight is 301 g/mol. The van der Waals surface area contributed by atoms with Crippen molar-refractivity contribution in [2.24, 2.45) is 5.11 Å². The van der Waals surface area contributed by atoms with Gasteiger partial charge >= 0.3 is 16.2 Å². The molecule has 0 aliphatic rings. The van der Waals surface area contributed by atoms with E-state index in [1.54, 1.807) is 0 Å². The number of carboxylic acids is 1. The lowest BCUT2D eigenvalue weighted by atomic mass is 9.92. The quantitative estimate of drug-likeness (QED) is 0.397. The molecule has 0 fully saturated rings. The molecule has 9 heteroatoms. The van der Waals surface area contributed by atoms with Gasteiger partial charge in [0.1, 0.15) is 5.75 Å². The molecule has 1 aromatic rings. The summed E-state index contributed by atoms with van der Waals surface area (Å²) < 4.78 is 34.6. The lowest BCUT2D eigenvalue weighted by molar-refractivity contribution is 0.0695. The van der Waals surface area contributed by atoms with E-state index in [0.29, 0.717) is 0 Å². The fourth-order valence-corrected chi connectivity index (χ4v) is 2.94. The largest absolute Gasteiger partial charge is 0.478 e. The van der Waals surface area contributed by atoms with Gasteiger partial charge in [-0.1, -0.05) is 5.11 Å². The normalized spacial score (nSPS) is 11.0. The Hall–Kier alpha value is -2.12. The maximum Gasteiger partial charge on any atom is 0.336 e. The molecule has 0 unspecified atom stereocenters. The van der Waals surface area contributed by atoms with Crippen molar-refractivity contribution in [3.63, 3.8) is 0 Å². The molecule has 20 heavy (non-hydrogen) atoms. The van der Waals surface area contributed by atoms with Crippen LogP contribution < -0.4 is 0 Å². The van der Waals surface area contributed by atoms with Crippen LogP contribution in [0.2, 0.25) is 0 Å². The molecule has 0 saturated heterocycles. The number of carboxylic acid groups (broad SMARTS) is 1. The highest BCUT2D eigenvalue weighted by atomic mass is 32.3. The molecular weight excluding hydrogens is 289 g/mol. The number of nitrogens with zero attached hydrogens (tertiary/aromatic N) is 3. The Morgan fingerprint density at radius 2 is 1.85 bits per heavy atom. The fraction of sp³-hybridized carbons (Fsp3) is 0.364. The summed E-state index contributed by atoms with van der Waals surface area (Å²) in [7, 11) is -4.84. The van der Waals surface area contributed by atoms with Crippen LogP contribution in [0, 0.1) is 20.8 Å². The first-order chi connectivity index (χ1) is 9.10. The number of hydrogen-bond donors (Lipinski definition) is 1. The monoisotopic (exact) mass is 301 g/mol. The molecule has 0 saturated carbocycles. The van der Waals surface area contributed by atoms with Gasteiger partial charge in [0.05, 0.1) is 5.56 Å². The Morgan fingerprint density at radius 1 is 1.30 bits per heavy atom. The predicted molar refractivity (Wildman–Crippen MR) is 70.2 cm³/mol. The molecule has 7 nitrogen and oxygen atoms in total. The minimum atomic E-state index is -4.84. The summed E-state index contributed by atoms with van der Waals surface area (Å²) in [5, 5.41) is 12.6. The molecule has 0 amide bonds. The third-order valence-corrected chi connectivity index (χ3v) is 3.67. The van der Waals surface area contributed by atoms with Gasteiger partial charge in [-0.05, 0) is 48.6 Å². The highest BCUT2D eigenvalue weighted by Crippen LogP contribution is 2.34. The maximum absolute atomic E-state index is 12.9. The van der Waals surface area contributed by atoms with Crippen molar-refractivity contribution in [2.45, 2.75) is 26.5 Å². The zero-order valence-corrected chi connectivity index (χ0v) is 11.8. The van der Waals surface area contributed by atoms with Gasteiger partial charge in [-0.15, -0.1) is 3.89 Å². The highest BCUT2D eigenvalue weighted by molar-refractivity contribution is 7.85. The lowest BCUT2D eigenvalue weighted by Gasteiger charge is -2.17. The molecule has 1 rings (SSSR count). The smallest absolute Gasteiger partial charge is 0.336 e. The summed E-state index contributed by atoms with van der Waals surface area (Å²) in [4.78, 5) is 13.8. The lowest BCUT2D eigenvalue weighted by Crippen LogP contribution is -2.10. The standard InChI is InChI=1S/C11H12FN3O4S/c1-5-8(4-20(12,18)19)6(2)10(14-15-13)7(3)9(5)11(16)17/h4H2,1-3H3,(H,16,17). The molecule has 0 atom stereocenters. The molecular formula is C11H12FN3O4S. The zero-order chi connectivity index (χ0) is 15.7. The zero-order valence-electron chi connectivity index (χ0n) is 11.0. The summed E-state index contributed by atoms with van der Waals surface area (Å²) in [5.74, 6) is -2.26. The van der Waals surface area contributed by atoms with E-state index < -0.39 is 21.9 Å². The van der Waals surface area contributed by atoms with Crippen LogP contribution >= 0.6 is 0 Å². The van der Waals surface area contributed by atoms with Crippen LogP contribution in [0.1, 0.15) is 32.6 Å². The SMILES string of the molecule is Cc1c(CS(=O)(=O)F)c(C)c(C(=O)O)c(C)c1N=[N+]=[N-]. The Kier molecular flexibility index (Phi) is 4.36. The van der Waals surface area contributed by atoms with E-state index in [1.807, 2.05) is 0 Å². The van der Waals surface area contributed by atoms with Gasteiger partial charge in [0.2, 0.25) is 0 Å². The Morgan fingerprint density at radius 3 is 2.25 bits per heavy atom. The van der Waals surface area contributed by atoms with Crippen molar-refractivity contribution < 1.29 is 22.2 Å². The third kappa shape index (κ3) is 3.06. The Labute approximate surface area is 114 Å². The van der Waals surface area contributed by atoms with E-state index in [1.165, 1.54) is 20.8 Å². The van der Waals surface area contributed by atoms with Crippen molar-refractivity contribution in [3.8, 4) is 0 Å². The van der Waals surface area contributed by atoms with Gasteiger partial charge < -0.3 is 5.11 Å². The first kappa shape index (κ1) is 15.9. The third-order valence-electron chi connectivity index (χ3n) is 3.04. The van der Waals surface area contributed by atoms with Gasteiger partial charge in [0, 0.05) is 10.6 Å². The molecule has 0 aliphatic carbocycles. The maximum atomic E-state index is 12.9. The average Bonchev–Trinajstić information content (AvgIpc) is 2.28. The molecule has 1 aromatic carbocycles. The Bertz CT molecular complexity index is 708. The van der Waals surface area contributed by atoms with Crippen LogP contribution in [0.3, 0.4) is 0 Å². The number of benzene rings is 1. The van der Waals surface area contributed by atoms with Crippen molar-refractivity contribution in [3.05, 3.63) is 38.3 Å². The summed E-state index contributed by atoms with van der Waals surface area (Å²) in [6.45, 7) is 4.29. The molecule has 0 aromatic heterocycles. The number of azide groups is 1. The summed E-state index contributed by atoms with van der Waals surface area (Å²) >= 11 is 0. The molecule has 0 radical (unpaired) electrons. The van der Waals surface area contributed by atoms with Gasteiger partial charge in [-0.3, -0.25) is 0 Å². The van der Waals surface area contributed by atoms with Crippen molar-refractivity contribution in [1.82, 2.24) is 0 Å². The number of hydrogen-bond acceptors (Lipinski definition) is 4. The molecule has 0 bridgehead atoms. The second kappa shape index (κ2) is 5.48. The van der Waals surface area contributed by atoms with Crippen LogP contribution in [0.15, 0.2) is 5.11 Å². The van der Waals surface area contributed by atoms with E-state index in [0.717, 1.165) is 0 Å². The number of aromatic carboxylic acids is 1. The van der Waals surface area contributed by atoms with E-state index >= 15 is 0 Å². The van der Waals surface area contributed by atoms with Crippen LogP contribution in [0.4, 0.5) is 9.57 Å². The van der Waals surface area contributed by atoms with Gasteiger partial charge in [-0.25, -0.2) is 4.79 Å². The number of carbonyl (C=O) groups is 1. The minimum absolute atomic E-state index is 0.00194. The van der Waals surface area contributed by atoms with Crippen molar-refractivity contribution >= 4 is 21.9 Å². The number of rotatable bonds is 4. The van der Waals surface area contributed by atoms with Gasteiger partial charge in [0.15, 0.2) is 0 Å². The second-order valence-corrected chi connectivity index (χ2v) is 5.62. The minimum Gasteiger partial charge on any atom is -0.478 e. The van der Waals surface area contributed by atoms with E-state index in [-0.39, 0.29) is 33.5 Å². The number of halogens is 1. The van der Waals surface area contributed by atoms with Gasteiger partial charge in [0.25, 0.3) is 0 Å². The first-order valence-corrected chi connectivity index (χ1v) is 6.98. The van der Waals surface area contributed by atoms with Crippen molar-refractivity contribution in [2.75, 3.05) is 0 Å². The highest BCUT2D eigenvalue weighted by Gasteiger charge is 2.23. The van der Waals surface area contributed by atoms with Gasteiger partial charge in [-0.2, -0.15) is 8.42 Å². The molecule has 0 spiro atoms. The summed E-state index contributed by atoms with van der Waals surface area (Å²) in [5.41, 5.74) is 8.94. The molecule has 0 aliphatic heterocycles. The van der Waals surface area contributed by atoms with Crippen LogP contribution in [-0.4, -0.2) is 19.5 Å².